The van der Waals surface area contributed by atoms with E-state index in [0.29, 0.717) is 25.8 Å². The van der Waals surface area contributed by atoms with Gasteiger partial charge in [-0.2, -0.15) is 13.2 Å². The molecule has 0 bridgehead atoms. The number of ether oxygens (including phenoxy) is 2. The number of carbonyl (C=O) groups excluding carboxylic acids is 5. The van der Waals surface area contributed by atoms with Crippen LogP contribution in [0.25, 0.3) is 0 Å². The molecule has 15 nitrogen and oxygen atoms in total. The van der Waals surface area contributed by atoms with Crippen molar-refractivity contribution < 1.29 is 55.0 Å². The van der Waals surface area contributed by atoms with Crippen LogP contribution in [0.2, 0.25) is 0 Å². The van der Waals surface area contributed by atoms with Crippen LogP contribution in [0.4, 0.5) is 13.2 Å². The zero-order valence-electron chi connectivity index (χ0n) is 36.4. The molecule has 1 heterocycles. The molecule has 0 radical (unpaired) electrons. The number of sulfonamides is 1. The van der Waals surface area contributed by atoms with Gasteiger partial charge in [-0.3, -0.25) is 28.9 Å². The van der Waals surface area contributed by atoms with Crippen LogP contribution in [0.5, 0.6) is 0 Å². The van der Waals surface area contributed by atoms with Gasteiger partial charge in [0.05, 0.1) is 47.6 Å². The SMILES string of the molecule is CC[C@H](C)[C@@H]([C@@H](CC(=O)N1CCC[C@H]1[C@H](OC)[C@@H](C)C(=O)NS(=O)(=O)c1ccc(CNC(=O)C(F)(F)F)cc1)OC)N(C)C(=O)[C@@H](NC(=O)C(C(C)C)N(C)C)C(C)C. The molecular weight excluding hydrogens is 798 g/mol. The van der Waals surface area contributed by atoms with Crippen LogP contribution in [0.1, 0.15) is 79.7 Å². The predicted octanol–water partition coefficient (Wildman–Crippen LogP) is 3.32. The Balaban J connectivity index is 2.25. The molecule has 1 saturated heterocycles. The van der Waals surface area contributed by atoms with Crippen LogP contribution in [0, 0.1) is 23.7 Å². The lowest BCUT2D eigenvalue weighted by molar-refractivity contribution is -0.173. The number of methoxy groups -OCH3 is 2. The third-order valence-corrected chi connectivity index (χ3v) is 12.5. The number of likely N-dealkylation sites (N-methyl/N-ethyl adjacent to an activating group) is 2. The Bertz CT molecular complexity index is 1690. The van der Waals surface area contributed by atoms with Gasteiger partial charge in [-0.25, -0.2) is 13.1 Å². The third kappa shape index (κ3) is 13.6. The van der Waals surface area contributed by atoms with Gasteiger partial charge in [-0.15, -0.1) is 0 Å². The zero-order valence-corrected chi connectivity index (χ0v) is 37.2. The Kier molecular flexibility index (Phi) is 19.3. The van der Waals surface area contributed by atoms with Crippen LogP contribution < -0.4 is 15.4 Å². The predicted molar refractivity (Wildman–Crippen MR) is 215 cm³/mol. The number of hydrogen-bond acceptors (Lipinski definition) is 10. The van der Waals surface area contributed by atoms with E-state index in [1.165, 1.54) is 33.3 Å². The van der Waals surface area contributed by atoms with Gasteiger partial charge >= 0.3 is 12.1 Å². The summed E-state index contributed by atoms with van der Waals surface area (Å²) in [6.07, 6.45) is -5.15. The van der Waals surface area contributed by atoms with E-state index >= 15 is 0 Å². The van der Waals surface area contributed by atoms with Crippen molar-refractivity contribution in [2.45, 2.75) is 128 Å². The molecule has 1 aliphatic rings. The van der Waals surface area contributed by atoms with E-state index in [-0.39, 0.29) is 52.4 Å². The van der Waals surface area contributed by atoms with E-state index in [4.69, 9.17) is 9.47 Å². The first-order valence-corrected chi connectivity index (χ1v) is 21.4. The molecule has 5 amide bonds. The number of carbonyl (C=O) groups is 5. The monoisotopic (exact) mass is 862 g/mol. The average Bonchev–Trinajstić information content (AvgIpc) is 3.64. The van der Waals surface area contributed by atoms with Crippen LogP contribution >= 0.6 is 0 Å². The number of alkyl halides is 3. The van der Waals surface area contributed by atoms with Crippen LogP contribution in [-0.4, -0.2) is 137 Å². The second-order valence-corrected chi connectivity index (χ2v) is 17.9. The molecule has 1 unspecified atom stereocenters. The normalized spacial score (nSPS) is 18.5. The quantitative estimate of drug-likeness (QED) is 0.166. The fourth-order valence-corrected chi connectivity index (χ4v) is 8.83. The number of nitrogens with zero attached hydrogens (tertiary/aromatic N) is 3. The number of hydrogen-bond donors (Lipinski definition) is 3. The molecule has 1 aromatic rings. The molecule has 1 fully saturated rings. The van der Waals surface area contributed by atoms with Crippen molar-refractivity contribution >= 4 is 39.6 Å². The van der Waals surface area contributed by atoms with Gasteiger partial charge in [0.25, 0.3) is 10.0 Å². The fourth-order valence-electron chi connectivity index (χ4n) is 7.76. The van der Waals surface area contributed by atoms with Crippen molar-refractivity contribution in [1.29, 1.82) is 0 Å². The Morgan fingerprint density at radius 1 is 0.915 bits per heavy atom. The first-order chi connectivity index (χ1) is 27.3. The van der Waals surface area contributed by atoms with Crippen LogP contribution in [-0.2, 0) is 50.0 Å². The number of amides is 5. The van der Waals surface area contributed by atoms with Gasteiger partial charge in [0.1, 0.15) is 6.04 Å². The largest absolute Gasteiger partial charge is 0.471 e. The summed E-state index contributed by atoms with van der Waals surface area (Å²) in [7, 11) is 3.69. The Morgan fingerprint density at radius 2 is 1.51 bits per heavy atom. The van der Waals surface area contributed by atoms with Crippen LogP contribution in [0.3, 0.4) is 0 Å². The highest BCUT2D eigenvalue weighted by Gasteiger charge is 2.44. The summed E-state index contributed by atoms with van der Waals surface area (Å²) >= 11 is 0. The second-order valence-electron chi connectivity index (χ2n) is 16.3. The molecular formula is C40H65F3N6O9S. The van der Waals surface area contributed by atoms with Crippen molar-refractivity contribution in [3.05, 3.63) is 29.8 Å². The fraction of sp³-hybridized carbons (Fsp3) is 0.725. The maximum atomic E-state index is 14.2. The van der Waals surface area contributed by atoms with Crippen molar-refractivity contribution in [2.24, 2.45) is 23.7 Å². The van der Waals surface area contributed by atoms with Crippen LogP contribution in [0.15, 0.2) is 29.2 Å². The summed E-state index contributed by atoms with van der Waals surface area (Å²) in [4.78, 5) is 71.0. The molecule has 0 aromatic heterocycles. The summed E-state index contributed by atoms with van der Waals surface area (Å²) in [5.41, 5.74) is 0.194. The maximum absolute atomic E-state index is 14.2. The first-order valence-electron chi connectivity index (χ1n) is 19.9. The third-order valence-electron chi connectivity index (χ3n) is 11.1. The van der Waals surface area contributed by atoms with E-state index in [9.17, 15) is 45.6 Å². The molecule has 1 aliphatic heterocycles. The van der Waals surface area contributed by atoms with Crippen molar-refractivity contribution in [3.8, 4) is 0 Å². The lowest BCUT2D eigenvalue weighted by Crippen LogP contribution is -2.59. The minimum absolute atomic E-state index is 0.00621. The lowest BCUT2D eigenvalue weighted by atomic mass is 9.89. The first kappa shape index (κ1) is 51.3. The van der Waals surface area contributed by atoms with Gasteiger partial charge in [0.15, 0.2) is 0 Å². The summed E-state index contributed by atoms with van der Waals surface area (Å²) in [6, 6.07) is 2.15. The smallest absolute Gasteiger partial charge is 0.379 e. The van der Waals surface area contributed by atoms with Gasteiger partial charge in [-0.1, -0.05) is 67.0 Å². The molecule has 19 heteroatoms. The van der Waals surface area contributed by atoms with E-state index < -0.39 is 76.9 Å². The Labute approximate surface area is 347 Å². The highest BCUT2D eigenvalue weighted by atomic mass is 32.2. The highest BCUT2D eigenvalue weighted by Crippen LogP contribution is 2.30. The van der Waals surface area contributed by atoms with E-state index in [1.54, 1.807) is 22.2 Å². The molecule has 59 heavy (non-hydrogen) atoms. The van der Waals surface area contributed by atoms with E-state index in [0.717, 1.165) is 12.1 Å². The summed E-state index contributed by atoms with van der Waals surface area (Å²) in [6.45, 7) is 12.9. The zero-order chi connectivity index (χ0) is 45.2. The van der Waals surface area contributed by atoms with Gasteiger partial charge in [0, 0.05) is 34.4 Å². The molecule has 2 rings (SSSR count). The topological polar surface area (TPSA) is 184 Å². The number of likely N-dealkylation sites (tertiary alicyclic amines) is 1. The minimum Gasteiger partial charge on any atom is -0.379 e. The van der Waals surface area contributed by atoms with Crippen molar-refractivity contribution in [2.75, 3.05) is 41.9 Å². The standard InChI is InChI=1S/C40H65F3N6O9S/c1-13-25(6)34(48(10)38(53)32(23(2)3)45-37(52)33(24(4)5)47(8)9)30(57-11)21-31(50)49-20-14-15-29(49)35(58-12)26(7)36(51)46-59(55,56)28-18-16-27(17-19-28)22-44-39(54)40(41,42)43/h16-19,23-26,29-30,32-35H,13-15,20-22H2,1-12H3,(H,44,54)(H,45,52)(H,46,51)/t25-,26+,29-,30+,32-,33?,34-,35+/m0/s1. The minimum atomic E-state index is -5.07. The van der Waals surface area contributed by atoms with E-state index in [2.05, 4.69) is 5.32 Å². The highest BCUT2D eigenvalue weighted by molar-refractivity contribution is 7.90. The van der Waals surface area contributed by atoms with Gasteiger partial charge in [-0.05, 0) is 62.4 Å². The van der Waals surface area contributed by atoms with Gasteiger partial charge in [0.2, 0.25) is 23.6 Å². The number of nitrogens with one attached hydrogen (secondary N) is 3. The molecule has 3 N–H and O–H groups in total. The average molecular weight is 863 g/mol. The summed E-state index contributed by atoms with van der Waals surface area (Å²) in [5.74, 6) is -5.35. The molecule has 8 atom stereocenters. The van der Waals surface area contributed by atoms with Gasteiger partial charge < -0.3 is 29.9 Å². The second kappa shape index (κ2) is 22.2. The molecule has 1 aromatic carbocycles. The molecule has 0 spiro atoms. The van der Waals surface area contributed by atoms with E-state index in [1.807, 2.05) is 65.3 Å². The molecule has 0 saturated carbocycles. The number of halogens is 3. The van der Waals surface area contributed by atoms with Crippen molar-refractivity contribution in [1.82, 2.24) is 30.1 Å². The number of benzene rings is 1. The maximum Gasteiger partial charge on any atom is 0.471 e. The molecule has 0 aliphatic carbocycles. The number of rotatable bonds is 21. The molecule has 336 valence electrons. The lowest BCUT2D eigenvalue weighted by Gasteiger charge is -2.41. The summed E-state index contributed by atoms with van der Waals surface area (Å²) in [5, 5.41) is 4.68. The Hall–Kier alpha value is -3.81. The van der Waals surface area contributed by atoms with Crippen molar-refractivity contribution in [3.63, 3.8) is 0 Å². The Morgan fingerprint density at radius 3 is 1.98 bits per heavy atom. The summed E-state index contributed by atoms with van der Waals surface area (Å²) < 4.78 is 77.6.